The number of aliphatic imine (C=N–C) groups is 1. The van der Waals surface area contributed by atoms with Gasteiger partial charge in [0, 0.05) is 39.3 Å². The minimum Gasteiger partial charge on any atom is -0.379 e. The number of anilines is 1. The number of unbranched alkanes of at least 4 members (excludes halogenated alkanes) is 1. The maximum Gasteiger partial charge on any atom is 0.191 e. The summed E-state index contributed by atoms with van der Waals surface area (Å²) < 4.78 is 38.9. The fourth-order valence-corrected chi connectivity index (χ4v) is 3.07. The number of hydrogen-bond acceptors (Lipinski definition) is 4. The molecule has 1 aromatic carbocycles. The van der Waals surface area contributed by atoms with Crippen LogP contribution in [-0.4, -0.2) is 65.1 Å². The Balaban J connectivity index is 1.64. The third-order valence-electron chi connectivity index (χ3n) is 4.56. The average molecular weight is 398 g/mol. The van der Waals surface area contributed by atoms with Crippen LogP contribution in [0.4, 0.5) is 14.5 Å². The number of nitrogens with zero attached hydrogens (tertiary/aromatic N) is 2. The molecule has 28 heavy (non-hydrogen) atoms. The van der Waals surface area contributed by atoms with Crippen LogP contribution in [0.2, 0.25) is 0 Å². The molecule has 0 saturated carbocycles. The van der Waals surface area contributed by atoms with Gasteiger partial charge in [-0.15, -0.1) is 0 Å². The van der Waals surface area contributed by atoms with Crippen molar-refractivity contribution < 1.29 is 18.3 Å². The van der Waals surface area contributed by atoms with Gasteiger partial charge in [0.15, 0.2) is 5.96 Å². The minimum atomic E-state index is -0.529. The van der Waals surface area contributed by atoms with E-state index in [1.165, 1.54) is 18.2 Å². The lowest BCUT2D eigenvalue weighted by molar-refractivity contribution is 0.0487. The highest BCUT2D eigenvalue weighted by molar-refractivity contribution is 5.80. The molecule has 2 N–H and O–H groups in total. The molecule has 1 saturated heterocycles. The van der Waals surface area contributed by atoms with E-state index in [1.54, 1.807) is 11.9 Å². The Kier molecular flexibility index (Phi) is 9.99. The molecule has 8 heteroatoms. The van der Waals surface area contributed by atoms with Crippen LogP contribution in [-0.2, 0) is 9.47 Å². The van der Waals surface area contributed by atoms with Crippen LogP contribution in [0.3, 0.4) is 0 Å². The van der Waals surface area contributed by atoms with E-state index in [2.05, 4.69) is 22.5 Å². The van der Waals surface area contributed by atoms with Crippen molar-refractivity contribution >= 4 is 11.6 Å². The zero-order valence-corrected chi connectivity index (χ0v) is 16.8. The Morgan fingerprint density at radius 3 is 2.57 bits per heavy atom. The van der Waals surface area contributed by atoms with Crippen LogP contribution in [0.1, 0.15) is 26.2 Å². The van der Waals surface area contributed by atoms with Crippen molar-refractivity contribution in [2.24, 2.45) is 4.99 Å². The van der Waals surface area contributed by atoms with Crippen molar-refractivity contribution in [1.82, 2.24) is 10.6 Å². The molecule has 1 atom stereocenters. The third-order valence-corrected chi connectivity index (χ3v) is 4.56. The van der Waals surface area contributed by atoms with Crippen molar-refractivity contribution in [3.05, 3.63) is 29.8 Å². The van der Waals surface area contributed by atoms with E-state index in [0.29, 0.717) is 45.4 Å². The molecule has 0 radical (unpaired) electrons. The van der Waals surface area contributed by atoms with Gasteiger partial charge in [-0.2, -0.15) is 0 Å². The lowest BCUT2D eigenvalue weighted by Gasteiger charge is -2.21. The van der Waals surface area contributed by atoms with Gasteiger partial charge in [0.05, 0.1) is 19.8 Å². The van der Waals surface area contributed by atoms with E-state index in [0.717, 1.165) is 25.9 Å². The SMILES string of the molecule is CCCCOCCOCCNC(=NC)NC1CCN(c2c(F)cccc2F)C1. The number of ether oxygens (including phenoxy) is 2. The lowest BCUT2D eigenvalue weighted by Crippen LogP contribution is -2.45. The van der Waals surface area contributed by atoms with Crippen LogP contribution in [0.15, 0.2) is 23.2 Å². The Morgan fingerprint density at radius 1 is 1.18 bits per heavy atom. The molecule has 1 unspecified atom stereocenters. The molecule has 2 rings (SSSR count). The van der Waals surface area contributed by atoms with E-state index in [1.807, 2.05) is 0 Å². The monoisotopic (exact) mass is 398 g/mol. The number of guanidine groups is 1. The smallest absolute Gasteiger partial charge is 0.191 e. The van der Waals surface area contributed by atoms with Gasteiger partial charge in [0.1, 0.15) is 17.3 Å². The molecular weight excluding hydrogens is 366 g/mol. The summed E-state index contributed by atoms with van der Waals surface area (Å²) in [5, 5.41) is 6.49. The summed E-state index contributed by atoms with van der Waals surface area (Å²) in [6.07, 6.45) is 2.98. The van der Waals surface area contributed by atoms with Gasteiger partial charge in [-0.3, -0.25) is 4.99 Å². The topological polar surface area (TPSA) is 58.1 Å². The van der Waals surface area contributed by atoms with Crippen molar-refractivity contribution in [3.63, 3.8) is 0 Å². The average Bonchev–Trinajstić information content (AvgIpc) is 3.13. The number of halogens is 2. The van der Waals surface area contributed by atoms with Crippen LogP contribution >= 0.6 is 0 Å². The van der Waals surface area contributed by atoms with E-state index < -0.39 is 11.6 Å². The van der Waals surface area contributed by atoms with E-state index in [4.69, 9.17) is 9.47 Å². The molecule has 0 bridgehead atoms. The van der Waals surface area contributed by atoms with Gasteiger partial charge >= 0.3 is 0 Å². The highest BCUT2D eigenvalue weighted by atomic mass is 19.1. The van der Waals surface area contributed by atoms with E-state index >= 15 is 0 Å². The number of para-hydroxylation sites is 1. The molecule has 1 aromatic rings. The van der Waals surface area contributed by atoms with E-state index in [9.17, 15) is 8.78 Å². The molecule has 1 fully saturated rings. The maximum atomic E-state index is 14.0. The fraction of sp³-hybridized carbons (Fsp3) is 0.650. The summed E-state index contributed by atoms with van der Waals surface area (Å²) in [7, 11) is 1.70. The van der Waals surface area contributed by atoms with E-state index in [-0.39, 0.29) is 11.7 Å². The summed E-state index contributed by atoms with van der Waals surface area (Å²) in [5.74, 6) is -0.401. The summed E-state index contributed by atoms with van der Waals surface area (Å²) >= 11 is 0. The Morgan fingerprint density at radius 2 is 1.89 bits per heavy atom. The van der Waals surface area contributed by atoms with Gasteiger partial charge in [0.25, 0.3) is 0 Å². The van der Waals surface area contributed by atoms with Crippen LogP contribution in [0.5, 0.6) is 0 Å². The van der Waals surface area contributed by atoms with Crippen molar-refractivity contribution in [2.45, 2.75) is 32.2 Å². The first-order valence-electron chi connectivity index (χ1n) is 9.97. The highest BCUT2D eigenvalue weighted by Crippen LogP contribution is 2.26. The van der Waals surface area contributed by atoms with Gasteiger partial charge in [-0.1, -0.05) is 19.4 Å². The molecule has 158 valence electrons. The second-order valence-electron chi connectivity index (χ2n) is 6.72. The number of benzene rings is 1. The number of hydrogen-bond donors (Lipinski definition) is 2. The highest BCUT2D eigenvalue weighted by Gasteiger charge is 2.27. The second-order valence-corrected chi connectivity index (χ2v) is 6.72. The lowest BCUT2D eigenvalue weighted by atomic mass is 10.2. The molecule has 1 aliphatic heterocycles. The summed E-state index contributed by atoms with van der Waals surface area (Å²) in [6, 6.07) is 4.02. The third kappa shape index (κ3) is 7.24. The van der Waals surface area contributed by atoms with Crippen molar-refractivity contribution in [1.29, 1.82) is 0 Å². The van der Waals surface area contributed by atoms with Crippen LogP contribution in [0.25, 0.3) is 0 Å². The Bertz CT molecular complexity index is 596. The Hall–Kier alpha value is -1.93. The summed E-state index contributed by atoms with van der Waals surface area (Å²) in [4.78, 5) is 5.93. The van der Waals surface area contributed by atoms with Gasteiger partial charge in [0.2, 0.25) is 0 Å². The molecule has 0 amide bonds. The van der Waals surface area contributed by atoms with Crippen LogP contribution in [0, 0.1) is 11.6 Å². The molecule has 0 aliphatic carbocycles. The van der Waals surface area contributed by atoms with Crippen LogP contribution < -0.4 is 15.5 Å². The molecule has 6 nitrogen and oxygen atoms in total. The number of nitrogens with one attached hydrogen (secondary N) is 2. The molecule has 1 aliphatic rings. The Labute approximate surface area is 166 Å². The molecule has 0 spiro atoms. The second kappa shape index (κ2) is 12.5. The fourth-order valence-electron chi connectivity index (χ4n) is 3.07. The summed E-state index contributed by atoms with van der Waals surface area (Å²) in [5.41, 5.74) is 0.0457. The van der Waals surface area contributed by atoms with Gasteiger partial charge < -0.3 is 25.0 Å². The van der Waals surface area contributed by atoms with Crippen molar-refractivity contribution in [2.75, 3.05) is 58.0 Å². The summed E-state index contributed by atoms with van der Waals surface area (Å²) in [6.45, 7) is 6.37. The first-order chi connectivity index (χ1) is 13.7. The first-order valence-corrected chi connectivity index (χ1v) is 9.97. The van der Waals surface area contributed by atoms with Gasteiger partial charge in [-0.05, 0) is 25.0 Å². The standard InChI is InChI=1S/C20H32F2N4O2/c1-3-4-11-27-13-14-28-12-9-24-20(23-2)25-16-8-10-26(15-16)19-17(21)6-5-7-18(19)22/h5-7,16H,3-4,8-15H2,1-2H3,(H2,23,24,25). The predicted octanol–water partition coefficient (Wildman–Crippen LogP) is 2.54. The zero-order valence-electron chi connectivity index (χ0n) is 16.8. The largest absolute Gasteiger partial charge is 0.379 e. The normalized spacial score (nSPS) is 17.2. The van der Waals surface area contributed by atoms with Gasteiger partial charge in [-0.25, -0.2) is 8.78 Å². The van der Waals surface area contributed by atoms with Crippen molar-refractivity contribution in [3.8, 4) is 0 Å². The minimum absolute atomic E-state index is 0.0457. The quantitative estimate of drug-likeness (QED) is 0.341. The number of rotatable bonds is 11. The maximum absolute atomic E-state index is 14.0. The molecule has 1 heterocycles. The first kappa shape index (κ1) is 22.4. The zero-order chi connectivity index (χ0) is 20.2. The predicted molar refractivity (Wildman–Crippen MR) is 108 cm³/mol. The molecular formula is C20H32F2N4O2. The molecule has 0 aromatic heterocycles.